The van der Waals surface area contributed by atoms with Gasteiger partial charge >= 0.3 is 11.8 Å². The number of hydrogen-bond donors (Lipinski definition) is 3. The fraction of sp³-hybridized carbons (Fsp3) is 0.143. The molecule has 1 unspecified atom stereocenters. The first-order valence-electron chi connectivity index (χ1n) is 6.22. The molecule has 0 saturated heterocycles. The molecule has 0 fully saturated rings. The second kappa shape index (κ2) is 7.35. The van der Waals surface area contributed by atoms with Gasteiger partial charge in [0.05, 0.1) is 11.1 Å². The van der Waals surface area contributed by atoms with E-state index in [0.717, 1.165) is 6.07 Å². The zero-order chi connectivity index (χ0) is 16.1. The highest BCUT2D eigenvalue weighted by molar-refractivity contribution is 7.07. The van der Waals surface area contributed by atoms with Crippen molar-refractivity contribution in [2.75, 3.05) is 11.9 Å². The van der Waals surface area contributed by atoms with E-state index in [1.807, 2.05) is 0 Å². The minimum atomic E-state index is -0.930. The van der Waals surface area contributed by atoms with Gasteiger partial charge in [0, 0.05) is 12.2 Å². The van der Waals surface area contributed by atoms with E-state index < -0.39 is 23.7 Å². The molecule has 2 amide bonds. The molecule has 0 saturated carbocycles. The summed E-state index contributed by atoms with van der Waals surface area (Å²) in [4.78, 5) is 23.3. The normalized spacial score (nSPS) is 11.8. The van der Waals surface area contributed by atoms with Gasteiger partial charge in [-0.05, 0) is 40.6 Å². The minimum Gasteiger partial charge on any atom is -0.387 e. The third-order valence-electron chi connectivity index (χ3n) is 2.77. The molecule has 1 aromatic carbocycles. The Kier molecular flexibility index (Phi) is 5.48. The lowest BCUT2D eigenvalue weighted by Gasteiger charge is -2.10. The molecule has 0 aliphatic carbocycles. The van der Waals surface area contributed by atoms with Crippen molar-refractivity contribution in [3.8, 4) is 0 Å². The van der Waals surface area contributed by atoms with Crippen molar-refractivity contribution in [3.05, 3.63) is 51.4 Å². The number of thiophene rings is 1. The number of hydrogen-bond acceptors (Lipinski definition) is 4. The molecule has 0 bridgehead atoms. The van der Waals surface area contributed by atoms with Crippen molar-refractivity contribution in [3.63, 3.8) is 0 Å². The van der Waals surface area contributed by atoms with E-state index in [0.29, 0.717) is 5.56 Å². The van der Waals surface area contributed by atoms with Gasteiger partial charge in [-0.3, -0.25) is 9.59 Å². The predicted octanol–water partition coefficient (Wildman–Crippen LogP) is 2.33. The number of aliphatic hydroxyl groups is 1. The van der Waals surface area contributed by atoms with Crippen molar-refractivity contribution in [2.45, 2.75) is 6.10 Å². The number of benzene rings is 1. The second-order valence-electron chi connectivity index (χ2n) is 4.37. The van der Waals surface area contributed by atoms with Crippen molar-refractivity contribution < 1.29 is 19.1 Å². The van der Waals surface area contributed by atoms with Crippen LogP contribution in [0.3, 0.4) is 0 Å². The Morgan fingerprint density at radius 3 is 2.73 bits per heavy atom. The molecule has 3 N–H and O–H groups in total. The summed E-state index contributed by atoms with van der Waals surface area (Å²) in [5.74, 6) is -2.46. The minimum absolute atomic E-state index is 0.0901. The van der Waals surface area contributed by atoms with Gasteiger partial charge in [0.25, 0.3) is 0 Å². The molecule has 0 spiro atoms. The molecule has 1 aromatic heterocycles. The van der Waals surface area contributed by atoms with Gasteiger partial charge < -0.3 is 15.7 Å². The van der Waals surface area contributed by atoms with E-state index in [4.69, 9.17) is 11.6 Å². The quantitative estimate of drug-likeness (QED) is 0.746. The average molecular weight is 343 g/mol. The molecule has 0 radical (unpaired) electrons. The Labute approximate surface area is 134 Å². The number of carbonyl (C=O) groups is 2. The Hall–Kier alpha value is -1.96. The lowest BCUT2D eigenvalue weighted by molar-refractivity contribution is -0.136. The molecule has 5 nitrogen and oxygen atoms in total. The van der Waals surface area contributed by atoms with Crippen LogP contribution in [0.2, 0.25) is 5.02 Å². The molecule has 2 rings (SSSR count). The largest absolute Gasteiger partial charge is 0.387 e. The zero-order valence-electron chi connectivity index (χ0n) is 11.2. The average Bonchev–Trinajstić information content (AvgIpc) is 3.02. The summed E-state index contributed by atoms with van der Waals surface area (Å²) >= 11 is 7.00. The Morgan fingerprint density at radius 1 is 1.32 bits per heavy atom. The first-order chi connectivity index (χ1) is 10.5. The highest BCUT2D eigenvalue weighted by Gasteiger charge is 2.16. The van der Waals surface area contributed by atoms with E-state index in [2.05, 4.69) is 10.6 Å². The zero-order valence-corrected chi connectivity index (χ0v) is 12.7. The van der Waals surface area contributed by atoms with Crippen LogP contribution in [0.15, 0.2) is 35.0 Å². The van der Waals surface area contributed by atoms with Gasteiger partial charge in [-0.1, -0.05) is 11.6 Å². The SMILES string of the molecule is O=C(NCC(O)c1ccsc1)C(=O)Nc1ccc(F)c(Cl)c1. The molecule has 0 aliphatic heterocycles. The lowest BCUT2D eigenvalue weighted by atomic mass is 10.2. The second-order valence-corrected chi connectivity index (χ2v) is 5.55. The maximum absolute atomic E-state index is 13.0. The van der Waals surface area contributed by atoms with E-state index in [-0.39, 0.29) is 17.3 Å². The summed E-state index contributed by atoms with van der Waals surface area (Å²) in [6, 6.07) is 5.28. The van der Waals surface area contributed by atoms with Gasteiger partial charge in [-0.25, -0.2) is 4.39 Å². The highest BCUT2D eigenvalue weighted by Crippen LogP contribution is 2.19. The van der Waals surface area contributed by atoms with Crippen molar-refractivity contribution >= 4 is 40.4 Å². The number of aliphatic hydroxyl groups excluding tert-OH is 1. The molecular formula is C14H12ClFN2O3S. The fourth-order valence-corrected chi connectivity index (χ4v) is 2.50. The van der Waals surface area contributed by atoms with Crippen molar-refractivity contribution in [1.82, 2.24) is 5.32 Å². The first kappa shape index (κ1) is 16.4. The van der Waals surface area contributed by atoms with Crippen LogP contribution in [0.1, 0.15) is 11.7 Å². The summed E-state index contributed by atoms with van der Waals surface area (Å²) < 4.78 is 13.0. The van der Waals surface area contributed by atoms with Gasteiger partial charge in [-0.2, -0.15) is 11.3 Å². The van der Waals surface area contributed by atoms with E-state index >= 15 is 0 Å². The molecule has 116 valence electrons. The van der Waals surface area contributed by atoms with Crippen LogP contribution < -0.4 is 10.6 Å². The molecule has 8 heteroatoms. The maximum Gasteiger partial charge on any atom is 0.313 e. The third-order valence-corrected chi connectivity index (χ3v) is 3.76. The topological polar surface area (TPSA) is 78.4 Å². The van der Waals surface area contributed by atoms with Gasteiger partial charge in [0.1, 0.15) is 5.82 Å². The van der Waals surface area contributed by atoms with Crippen LogP contribution in [0.25, 0.3) is 0 Å². The molecular weight excluding hydrogens is 331 g/mol. The summed E-state index contributed by atoms with van der Waals surface area (Å²) in [6.07, 6.45) is -0.886. The number of rotatable bonds is 4. The molecule has 1 atom stereocenters. The summed E-state index contributed by atoms with van der Waals surface area (Å²) in [6.45, 7) is -0.0901. The number of carbonyl (C=O) groups excluding carboxylic acids is 2. The maximum atomic E-state index is 13.0. The number of amides is 2. The highest BCUT2D eigenvalue weighted by atomic mass is 35.5. The van der Waals surface area contributed by atoms with E-state index in [9.17, 15) is 19.1 Å². The lowest BCUT2D eigenvalue weighted by Crippen LogP contribution is -2.37. The van der Waals surface area contributed by atoms with Crippen LogP contribution in [0.4, 0.5) is 10.1 Å². The summed E-state index contributed by atoms with van der Waals surface area (Å²) in [5.41, 5.74) is 0.862. The standard InChI is InChI=1S/C14H12ClFN2O3S/c15-10-5-9(1-2-11(10)16)18-14(21)13(20)17-6-12(19)8-3-4-22-7-8/h1-5,7,12,19H,6H2,(H,17,20)(H,18,21). The van der Waals surface area contributed by atoms with Crippen LogP contribution in [0.5, 0.6) is 0 Å². The molecule has 0 aliphatic rings. The van der Waals surface area contributed by atoms with Gasteiger partial charge in [0.2, 0.25) is 0 Å². The summed E-state index contributed by atoms with van der Waals surface area (Å²) in [7, 11) is 0. The molecule has 1 heterocycles. The van der Waals surface area contributed by atoms with E-state index in [1.165, 1.54) is 23.5 Å². The monoisotopic (exact) mass is 342 g/mol. The molecule has 2 aromatic rings. The number of halogens is 2. The van der Waals surface area contributed by atoms with Crippen molar-refractivity contribution in [2.24, 2.45) is 0 Å². The summed E-state index contributed by atoms with van der Waals surface area (Å²) in [5, 5.41) is 17.8. The van der Waals surface area contributed by atoms with Crippen LogP contribution in [-0.2, 0) is 9.59 Å². The predicted molar refractivity (Wildman–Crippen MR) is 82.3 cm³/mol. The molecule has 22 heavy (non-hydrogen) atoms. The third kappa shape index (κ3) is 4.27. The Bertz CT molecular complexity index is 679. The Morgan fingerprint density at radius 2 is 2.09 bits per heavy atom. The first-order valence-corrected chi connectivity index (χ1v) is 7.54. The Balaban J connectivity index is 1.86. The van der Waals surface area contributed by atoms with Crippen LogP contribution in [0, 0.1) is 5.82 Å². The van der Waals surface area contributed by atoms with Gasteiger partial charge in [-0.15, -0.1) is 0 Å². The van der Waals surface area contributed by atoms with E-state index in [1.54, 1.807) is 16.8 Å². The van der Waals surface area contributed by atoms with Gasteiger partial charge in [0.15, 0.2) is 0 Å². The van der Waals surface area contributed by atoms with Crippen molar-refractivity contribution in [1.29, 1.82) is 0 Å². The van der Waals surface area contributed by atoms with Crippen LogP contribution in [-0.4, -0.2) is 23.5 Å². The number of anilines is 1. The smallest absolute Gasteiger partial charge is 0.313 e. The van der Waals surface area contributed by atoms with Crippen LogP contribution >= 0.6 is 22.9 Å². The number of nitrogens with one attached hydrogen (secondary N) is 2. The fourth-order valence-electron chi connectivity index (χ4n) is 1.61.